The number of aliphatic hydroxyl groups is 1. The van der Waals surface area contributed by atoms with Crippen molar-refractivity contribution in [2.75, 3.05) is 13.6 Å². The lowest BCUT2D eigenvalue weighted by Gasteiger charge is -2.32. The van der Waals surface area contributed by atoms with E-state index in [9.17, 15) is 5.11 Å². The maximum absolute atomic E-state index is 10.2. The molecule has 0 aromatic rings. The van der Waals surface area contributed by atoms with E-state index < -0.39 is 5.60 Å². The standard InChI is InChI=1S/C11H23NO/c1-11(13,9-12-2)10-7-5-3-4-6-8-10/h10,12-13H,3-9H2,1-2H3. The van der Waals surface area contributed by atoms with Gasteiger partial charge in [0.15, 0.2) is 0 Å². The summed E-state index contributed by atoms with van der Waals surface area (Å²) in [6.07, 6.45) is 7.71. The molecule has 0 aliphatic heterocycles. The molecule has 13 heavy (non-hydrogen) atoms. The second kappa shape index (κ2) is 4.97. The predicted molar refractivity (Wildman–Crippen MR) is 55.7 cm³/mol. The molecule has 0 bridgehead atoms. The van der Waals surface area contributed by atoms with E-state index in [-0.39, 0.29) is 0 Å². The number of nitrogens with one attached hydrogen (secondary N) is 1. The molecule has 1 rings (SSSR count). The Labute approximate surface area is 81.7 Å². The van der Waals surface area contributed by atoms with Crippen molar-refractivity contribution in [3.8, 4) is 0 Å². The Kier molecular flexibility index (Phi) is 4.20. The van der Waals surface area contributed by atoms with E-state index in [1.807, 2.05) is 14.0 Å². The maximum Gasteiger partial charge on any atom is 0.0771 e. The average molecular weight is 185 g/mol. The van der Waals surface area contributed by atoms with Gasteiger partial charge in [0.2, 0.25) is 0 Å². The molecule has 2 nitrogen and oxygen atoms in total. The quantitative estimate of drug-likeness (QED) is 0.658. The Balaban J connectivity index is 2.46. The zero-order chi connectivity index (χ0) is 9.73. The van der Waals surface area contributed by atoms with Crippen molar-refractivity contribution in [2.24, 2.45) is 5.92 Å². The minimum absolute atomic E-state index is 0.501. The zero-order valence-electron chi connectivity index (χ0n) is 8.97. The number of hydrogen-bond acceptors (Lipinski definition) is 2. The van der Waals surface area contributed by atoms with Gasteiger partial charge in [0.25, 0.3) is 0 Å². The number of hydrogen-bond donors (Lipinski definition) is 2. The minimum Gasteiger partial charge on any atom is -0.389 e. The van der Waals surface area contributed by atoms with Crippen molar-refractivity contribution in [1.29, 1.82) is 0 Å². The van der Waals surface area contributed by atoms with E-state index in [1.165, 1.54) is 38.5 Å². The fourth-order valence-electron chi connectivity index (χ4n) is 2.40. The largest absolute Gasteiger partial charge is 0.389 e. The van der Waals surface area contributed by atoms with Crippen LogP contribution in [-0.4, -0.2) is 24.3 Å². The third kappa shape index (κ3) is 3.28. The van der Waals surface area contributed by atoms with Crippen LogP contribution in [0.3, 0.4) is 0 Å². The highest BCUT2D eigenvalue weighted by Gasteiger charge is 2.30. The van der Waals surface area contributed by atoms with Gasteiger partial charge in [-0.1, -0.05) is 25.7 Å². The summed E-state index contributed by atoms with van der Waals surface area (Å²) in [5.41, 5.74) is -0.501. The van der Waals surface area contributed by atoms with Crippen molar-refractivity contribution < 1.29 is 5.11 Å². The first kappa shape index (κ1) is 11.0. The van der Waals surface area contributed by atoms with Gasteiger partial charge in [-0.05, 0) is 32.7 Å². The Hall–Kier alpha value is -0.0800. The van der Waals surface area contributed by atoms with Gasteiger partial charge in [-0.2, -0.15) is 0 Å². The Morgan fingerprint density at radius 3 is 2.23 bits per heavy atom. The molecule has 1 atom stereocenters. The molecular weight excluding hydrogens is 162 g/mol. The molecule has 1 fully saturated rings. The Morgan fingerprint density at radius 1 is 1.23 bits per heavy atom. The van der Waals surface area contributed by atoms with Gasteiger partial charge < -0.3 is 10.4 Å². The topological polar surface area (TPSA) is 32.3 Å². The van der Waals surface area contributed by atoms with Crippen LogP contribution in [-0.2, 0) is 0 Å². The summed E-state index contributed by atoms with van der Waals surface area (Å²) in [6.45, 7) is 2.69. The van der Waals surface area contributed by atoms with Crippen molar-refractivity contribution in [2.45, 2.75) is 51.0 Å². The molecule has 0 saturated heterocycles. The lowest BCUT2D eigenvalue weighted by atomic mass is 9.83. The van der Waals surface area contributed by atoms with Gasteiger partial charge in [-0.3, -0.25) is 0 Å². The van der Waals surface area contributed by atoms with Crippen LogP contribution in [0.2, 0.25) is 0 Å². The first-order valence-corrected chi connectivity index (χ1v) is 5.54. The summed E-state index contributed by atoms with van der Waals surface area (Å²) in [5, 5.41) is 13.3. The molecule has 1 unspecified atom stereocenters. The minimum atomic E-state index is -0.501. The fourth-order valence-corrected chi connectivity index (χ4v) is 2.40. The molecule has 0 spiro atoms. The van der Waals surface area contributed by atoms with Crippen LogP contribution in [0.15, 0.2) is 0 Å². The van der Waals surface area contributed by atoms with E-state index in [4.69, 9.17) is 0 Å². The van der Waals surface area contributed by atoms with Gasteiger partial charge in [-0.15, -0.1) is 0 Å². The van der Waals surface area contributed by atoms with Gasteiger partial charge >= 0.3 is 0 Å². The summed E-state index contributed by atoms with van der Waals surface area (Å²) in [6, 6.07) is 0. The fraction of sp³-hybridized carbons (Fsp3) is 1.00. The van der Waals surface area contributed by atoms with Gasteiger partial charge in [-0.25, -0.2) is 0 Å². The van der Waals surface area contributed by atoms with Gasteiger partial charge in [0, 0.05) is 6.54 Å². The highest BCUT2D eigenvalue weighted by molar-refractivity contribution is 4.84. The molecule has 2 heteroatoms. The van der Waals surface area contributed by atoms with E-state index >= 15 is 0 Å². The molecule has 0 heterocycles. The van der Waals surface area contributed by atoms with Gasteiger partial charge in [0.05, 0.1) is 5.60 Å². The molecule has 0 radical (unpaired) electrons. The van der Waals surface area contributed by atoms with Crippen LogP contribution in [0.25, 0.3) is 0 Å². The van der Waals surface area contributed by atoms with Crippen LogP contribution in [0.5, 0.6) is 0 Å². The van der Waals surface area contributed by atoms with E-state index in [1.54, 1.807) is 0 Å². The van der Waals surface area contributed by atoms with Crippen molar-refractivity contribution in [1.82, 2.24) is 5.32 Å². The zero-order valence-corrected chi connectivity index (χ0v) is 8.97. The number of likely N-dealkylation sites (N-methyl/N-ethyl adjacent to an activating group) is 1. The van der Waals surface area contributed by atoms with Crippen molar-refractivity contribution in [3.63, 3.8) is 0 Å². The second-order valence-corrected chi connectivity index (χ2v) is 4.58. The molecule has 1 aliphatic rings. The Morgan fingerprint density at radius 2 is 1.77 bits per heavy atom. The monoisotopic (exact) mass is 185 g/mol. The molecular formula is C11H23NO. The summed E-state index contributed by atoms with van der Waals surface area (Å²) >= 11 is 0. The first-order valence-electron chi connectivity index (χ1n) is 5.54. The lowest BCUT2D eigenvalue weighted by Crippen LogP contribution is -2.43. The summed E-state index contributed by atoms with van der Waals surface area (Å²) in [4.78, 5) is 0. The molecule has 0 aromatic heterocycles. The first-order chi connectivity index (χ1) is 6.17. The second-order valence-electron chi connectivity index (χ2n) is 4.58. The lowest BCUT2D eigenvalue weighted by molar-refractivity contribution is -0.00496. The molecule has 78 valence electrons. The summed E-state index contributed by atoms with van der Waals surface area (Å²) < 4.78 is 0. The summed E-state index contributed by atoms with van der Waals surface area (Å²) in [5.74, 6) is 0.502. The van der Waals surface area contributed by atoms with Crippen LogP contribution in [0, 0.1) is 5.92 Å². The highest BCUT2D eigenvalue weighted by Crippen LogP contribution is 2.31. The van der Waals surface area contributed by atoms with Gasteiger partial charge in [0.1, 0.15) is 0 Å². The molecule has 0 amide bonds. The van der Waals surface area contributed by atoms with Crippen LogP contribution < -0.4 is 5.32 Å². The third-order valence-corrected chi connectivity index (χ3v) is 3.27. The maximum atomic E-state index is 10.2. The van der Waals surface area contributed by atoms with E-state index in [0.29, 0.717) is 5.92 Å². The van der Waals surface area contributed by atoms with Crippen LogP contribution >= 0.6 is 0 Å². The molecule has 2 N–H and O–H groups in total. The summed E-state index contributed by atoms with van der Waals surface area (Å²) in [7, 11) is 1.91. The predicted octanol–water partition coefficient (Wildman–Crippen LogP) is 1.93. The highest BCUT2D eigenvalue weighted by atomic mass is 16.3. The van der Waals surface area contributed by atoms with Crippen LogP contribution in [0.1, 0.15) is 45.4 Å². The molecule has 0 aromatic carbocycles. The SMILES string of the molecule is CNCC(C)(O)C1CCCCCC1. The molecule has 1 aliphatic carbocycles. The normalized spacial score (nSPS) is 25.2. The van der Waals surface area contributed by atoms with Crippen LogP contribution in [0.4, 0.5) is 0 Å². The van der Waals surface area contributed by atoms with Crippen molar-refractivity contribution in [3.05, 3.63) is 0 Å². The number of rotatable bonds is 3. The smallest absolute Gasteiger partial charge is 0.0771 e. The molecule has 1 saturated carbocycles. The van der Waals surface area contributed by atoms with Crippen molar-refractivity contribution >= 4 is 0 Å². The Bertz CT molecular complexity index is 137. The average Bonchev–Trinajstić information content (AvgIpc) is 2.31. The van der Waals surface area contributed by atoms with E-state index in [2.05, 4.69) is 5.32 Å². The third-order valence-electron chi connectivity index (χ3n) is 3.27. The van der Waals surface area contributed by atoms with E-state index in [0.717, 1.165) is 6.54 Å².